The van der Waals surface area contributed by atoms with E-state index in [1.54, 1.807) is 0 Å². The molecule has 60 valence electrons. The van der Waals surface area contributed by atoms with Crippen molar-refractivity contribution in [1.82, 2.24) is 0 Å². The molecule has 0 radical (unpaired) electrons. The van der Waals surface area contributed by atoms with Crippen molar-refractivity contribution in [2.45, 2.75) is 24.3 Å². The second-order valence-electron chi connectivity index (χ2n) is 2.83. The Hall–Kier alpha value is -0.0231. The summed E-state index contributed by atoms with van der Waals surface area (Å²) < 4.78 is 4.59. The molecule has 2 atom stereocenters. The highest BCUT2D eigenvalue weighted by Gasteiger charge is 2.33. The molecule has 0 aromatic heterocycles. The Bertz CT molecular complexity index is 134. The van der Waals surface area contributed by atoms with Crippen LogP contribution in [0.1, 0.15) is 13.8 Å². The zero-order valence-corrected chi connectivity index (χ0v) is 9.53. The second kappa shape index (κ2) is 3.39. The lowest BCUT2D eigenvalue weighted by Crippen LogP contribution is -2.29. The van der Waals surface area contributed by atoms with Crippen LogP contribution in [0.15, 0.2) is 0 Å². The number of hydrogen-bond donors (Lipinski definition) is 0. The van der Waals surface area contributed by atoms with Crippen LogP contribution >= 0.6 is 11.6 Å². The number of halogens is 1. The van der Waals surface area contributed by atoms with Crippen LogP contribution in [-0.4, -0.2) is 28.7 Å². The highest BCUT2D eigenvalue weighted by atomic mass is 35.5. The predicted octanol–water partition coefficient (Wildman–Crippen LogP) is 0.331. The lowest BCUT2D eigenvalue weighted by molar-refractivity contribution is -0.143. The maximum Gasteiger partial charge on any atom is 0.309 e. The third kappa shape index (κ3) is 1.99. The molecule has 0 spiro atoms. The van der Waals surface area contributed by atoms with E-state index in [1.807, 2.05) is 13.8 Å². The number of esters is 1. The van der Waals surface area contributed by atoms with Crippen LogP contribution in [0.2, 0.25) is 5.04 Å². The van der Waals surface area contributed by atoms with Gasteiger partial charge in [-0.3, -0.25) is 4.79 Å². The Morgan fingerprint density at radius 1 is 1.80 bits per heavy atom. The van der Waals surface area contributed by atoms with Crippen molar-refractivity contribution >= 4 is 27.8 Å². The third-order valence-electron chi connectivity index (χ3n) is 1.71. The molecule has 0 amide bonds. The number of ether oxygens (including phenoxy) is 1. The van der Waals surface area contributed by atoms with Gasteiger partial charge in [0.05, 0.1) is 12.1 Å². The number of hydrogen-bond acceptors (Lipinski definition) is 2. The molecule has 2 unspecified atom stereocenters. The minimum Gasteiger partial charge on any atom is -0.469 e. The summed E-state index contributed by atoms with van der Waals surface area (Å²) in [5.41, 5.74) is 0. The largest absolute Gasteiger partial charge is 0.469 e. The van der Waals surface area contributed by atoms with E-state index in [-0.39, 0.29) is 11.3 Å². The number of carbonyl (C=O) groups is 1. The molecular weight excluding hydrogens is 168 g/mol. The molecule has 0 fully saturated rings. The van der Waals surface area contributed by atoms with E-state index in [0.29, 0.717) is 0 Å². The van der Waals surface area contributed by atoms with Crippen molar-refractivity contribution in [2.24, 2.45) is 0 Å². The molecule has 0 N–H and O–H groups in total. The molecule has 2 nitrogen and oxygen atoms in total. The highest BCUT2D eigenvalue weighted by Crippen LogP contribution is 2.30. The minimum absolute atomic E-state index is 0.147. The zero-order chi connectivity index (χ0) is 8.36. The summed E-state index contributed by atoms with van der Waals surface area (Å²) in [7, 11) is 2.11. The van der Waals surface area contributed by atoms with Gasteiger partial charge >= 0.3 is 5.97 Å². The van der Waals surface area contributed by atoms with Gasteiger partial charge < -0.3 is 4.74 Å². The lowest BCUT2D eigenvalue weighted by atomic mass is 10.1. The standard InChI is InChI=1S/C6H13ClO2Si/c1-4(7)6(2,10)5(8)9-3/h4H,1-3,10H3. The normalized spacial score (nSPS) is 19.6. The molecule has 0 heterocycles. The Labute approximate surface area is 69.3 Å². The number of rotatable bonds is 2. The van der Waals surface area contributed by atoms with Gasteiger partial charge in [-0.25, -0.2) is 0 Å². The van der Waals surface area contributed by atoms with Crippen molar-refractivity contribution < 1.29 is 9.53 Å². The molecule has 10 heavy (non-hydrogen) atoms. The van der Waals surface area contributed by atoms with Gasteiger partial charge in [0.1, 0.15) is 0 Å². The summed E-state index contributed by atoms with van der Waals surface area (Å²) in [5, 5.41) is -0.595. The lowest BCUT2D eigenvalue weighted by Gasteiger charge is -2.23. The van der Waals surface area contributed by atoms with Gasteiger partial charge in [-0.1, -0.05) is 6.92 Å². The molecule has 0 saturated carbocycles. The van der Waals surface area contributed by atoms with Crippen molar-refractivity contribution in [2.75, 3.05) is 7.11 Å². The fourth-order valence-corrected chi connectivity index (χ4v) is 0.719. The summed E-state index contributed by atoms with van der Waals surface area (Å²) >= 11 is 5.78. The van der Waals surface area contributed by atoms with E-state index in [1.165, 1.54) is 7.11 Å². The van der Waals surface area contributed by atoms with Gasteiger partial charge in [0, 0.05) is 15.6 Å². The van der Waals surface area contributed by atoms with E-state index < -0.39 is 5.04 Å². The highest BCUT2D eigenvalue weighted by molar-refractivity contribution is 6.35. The van der Waals surface area contributed by atoms with Gasteiger partial charge in [0.2, 0.25) is 0 Å². The van der Waals surface area contributed by atoms with Crippen LogP contribution in [-0.2, 0) is 9.53 Å². The monoisotopic (exact) mass is 180 g/mol. The average Bonchev–Trinajstić information content (AvgIpc) is 1.86. The Morgan fingerprint density at radius 3 is 2.30 bits per heavy atom. The molecule has 0 aliphatic rings. The maximum absolute atomic E-state index is 11.0. The zero-order valence-electron chi connectivity index (χ0n) is 6.77. The number of carbonyl (C=O) groups excluding carboxylic acids is 1. The Balaban J connectivity index is 4.24. The first-order chi connectivity index (χ1) is 4.42. The van der Waals surface area contributed by atoms with E-state index in [0.717, 1.165) is 10.2 Å². The van der Waals surface area contributed by atoms with Crippen molar-refractivity contribution in [3.8, 4) is 0 Å². The SMILES string of the molecule is COC(=O)C(C)([SiH3])C(C)Cl. The van der Waals surface area contributed by atoms with Crippen LogP contribution in [0.25, 0.3) is 0 Å². The number of methoxy groups -OCH3 is 1. The van der Waals surface area contributed by atoms with Crippen LogP contribution < -0.4 is 0 Å². The van der Waals surface area contributed by atoms with Crippen LogP contribution in [0.3, 0.4) is 0 Å². The van der Waals surface area contributed by atoms with Crippen LogP contribution in [0.4, 0.5) is 0 Å². The molecule has 0 aliphatic carbocycles. The summed E-state index contributed by atoms with van der Waals surface area (Å²) in [4.78, 5) is 11.0. The van der Waals surface area contributed by atoms with Crippen molar-refractivity contribution in [3.05, 3.63) is 0 Å². The third-order valence-corrected chi connectivity index (χ3v) is 3.89. The molecule has 0 aliphatic heterocycles. The molecular formula is C6H13ClO2Si. The Morgan fingerprint density at radius 2 is 2.20 bits per heavy atom. The molecule has 0 rings (SSSR count). The van der Waals surface area contributed by atoms with E-state index in [4.69, 9.17) is 11.6 Å². The first kappa shape index (κ1) is 9.98. The van der Waals surface area contributed by atoms with E-state index in [9.17, 15) is 4.79 Å². The minimum atomic E-state index is -0.448. The first-order valence-corrected chi connectivity index (χ1v) is 4.59. The number of alkyl halides is 1. The first-order valence-electron chi connectivity index (χ1n) is 3.15. The quantitative estimate of drug-likeness (QED) is 0.348. The van der Waals surface area contributed by atoms with Crippen LogP contribution in [0.5, 0.6) is 0 Å². The molecule has 0 aromatic rings. The van der Waals surface area contributed by atoms with Gasteiger partial charge in [0.25, 0.3) is 0 Å². The van der Waals surface area contributed by atoms with E-state index >= 15 is 0 Å². The van der Waals surface area contributed by atoms with Crippen molar-refractivity contribution in [3.63, 3.8) is 0 Å². The average molecular weight is 181 g/mol. The maximum atomic E-state index is 11.0. The topological polar surface area (TPSA) is 26.3 Å². The van der Waals surface area contributed by atoms with Gasteiger partial charge in [-0.05, 0) is 6.92 Å². The molecule has 0 bridgehead atoms. The summed E-state index contributed by atoms with van der Waals surface area (Å²) in [6.45, 7) is 3.63. The summed E-state index contributed by atoms with van der Waals surface area (Å²) in [6, 6.07) is 0. The second-order valence-corrected chi connectivity index (χ2v) is 5.56. The molecule has 0 saturated heterocycles. The molecule has 4 heteroatoms. The fraction of sp³-hybridized carbons (Fsp3) is 0.833. The van der Waals surface area contributed by atoms with Gasteiger partial charge in [0.15, 0.2) is 0 Å². The summed E-state index contributed by atoms with van der Waals surface area (Å²) in [6.07, 6.45) is 0. The summed E-state index contributed by atoms with van der Waals surface area (Å²) in [5.74, 6) is -0.207. The van der Waals surface area contributed by atoms with Gasteiger partial charge in [-0.2, -0.15) is 0 Å². The van der Waals surface area contributed by atoms with Crippen molar-refractivity contribution in [1.29, 1.82) is 0 Å². The fourth-order valence-electron chi connectivity index (χ4n) is 0.425. The van der Waals surface area contributed by atoms with Gasteiger partial charge in [-0.15, -0.1) is 11.6 Å². The smallest absolute Gasteiger partial charge is 0.309 e. The van der Waals surface area contributed by atoms with E-state index in [2.05, 4.69) is 4.74 Å². The molecule has 0 aromatic carbocycles. The predicted molar refractivity (Wildman–Crippen MR) is 45.6 cm³/mol. The van der Waals surface area contributed by atoms with Crippen LogP contribution in [0, 0.1) is 0 Å². The Kier molecular flexibility index (Phi) is 3.38.